The lowest BCUT2D eigenvalue weighted by Gasteiger charge is -2.37. The number of benzene rings is 1. The van der Waals surface area contributed by atoms with E-state index in [-0.39, 0.29) is 30.3 Å². The normalized spacial score (nSPS) is 21.1. The molecule has 1 aliphatic heterocycles. The van der Waals surface area contributed by atoms with E-state index in [1.54, 1.807) is 0 Å². The van der Waals surface area contributed by atoms with Crippen molar-refractivity contribution in [3.8, 4) is 0 Å². The maximum absolute atomic E-state index is 13.0. The molecule has 3 unspecified atom stereocenters. The van der Waals surface area contributed by atoms with Crippen LogP contribution >= 0.6 is 12.4 Å². The van der Waals surface area contributed by atoms with Crippen LogP contribution in [0.3, 0.4) is 0 Å². The molecule has 1 saturated heterocycles. The first-order valence-corrected chi connectivity index (χ1v) is 8.10. The number of amides is 1. The molecule has 1 amide bonds. The number of hydrogen-bond acceptors (Lipinski definition) is 2. The molecule has 2 rings (SSSR count). The molecule has 124 valence electrons. The van der Waals surface area contributed by atoms with Gasteiger partial charge in [-0.2, -0.15) is 0 Å². The molecule has 0 aromatic heterocycles. The molecule has 1 fully saturated rings. The quantitative estimate of drug-likeness (QED) is 0.922. The maximum atomic E-state index is 13.0. The standard InChI is InChI=1S/C18H28N2O.ClH/c1-13(2)17(15-8-5-4-6-9-15)18(21)20-11-7-10-16(12-20)14(3)19;/h4-6,8-9,13-14,16-17H,7,10-12,19H2,1-3H3;1H. The molecule has 3 nitrogen and oxygen atoms in total. The number of carbonyl (C=O) groups is 1. The minimum atomic E-state index is -0.0435. The van der Waals surface area contributed by atoms with Crippen LogP contribution in [0.2, 0.25) is 0 Å². The summed E-state index contributed by atoms with van der Waals surface area (Å²) in [6.07, 6.45) is 2.21. The third-order valence-electron chi connectivity index (χ3n) is 4.60. The molecule has 22 heavy (non-hydrogen) atoms. The van der Waals surface area contributed by atoms with Crippen LogP contribution in [0.1, 0.15) is 45.1 Å². The molecule has 0 spiro atoms. The Balaban J connectivity index is 0.00000242. The van der Waals surface area contributed by atoms with Gasteiger partial charge >= 0.3 is 0 Å². The molecule has 1 aliphatic rings. The Morgan fingerprint density at radius 1 is 1.23 bits per heavy atom. The van der Waals surface area contributed by atoms with E-state index in [9.17, 15) is 4.79 Å². The van der Waals surface area contributed by atoms with E-state index in [0.29, 0.717) is 11.8 Å². The largest absolute Gasteiger partial charge is 0.342 e. The predicted octanol–water partition coefficient (Wildman–Crippen LogP) is 3.43. The zero-order valence-electron chi connectivity index (χ0n) is 13.9. The van der Waals surface area contributed by atoms with Crippen molar-refractivity contribution in [1.82, 2.24) is 4.90 Å². The first kappa shape index (κ1) is 19.0. The summed E-state index contributed by atoms with van der Waals surface area (Å²) < 4.78 is 0. The van der Waals surface area contributed by atoms with Crippen molar-refractivity contribution < 1.29 is 4.79 Å². The molecule has 0 saturated carbocycles. The highest BCUT2D eigenvalue weighted by Crippen LogP contribution is 2.29. The summed E-state index contributed by atoms with van der Waals surface area (Å²) in [5.74, 6) is 0.960. The molecule has 0 aliphatic carbocycles. The highest BCUT2D eigenvalue weighted by Gasteiger charge is 2.32. The van der Waals surface area contributed by atoms with E-state index in [0.717, 1.165) is 31.5 Å². The fraction of sp³-hybridized carbons (Fsp3) is 0.611. The number of carbonyl (C=O) groups excluding carboxylic acids is 1. The molecule has 1 heterocycles. The van der Waals surface area contributed by atoms with Crippen LogP contribution in [0.5, 0.6) is 0 Å². The van der Waals surface area contributed by atoms with Gasteiger partial charge in [-0.3, -0.25) is 4.79 Å². The smallest absolute Gasteiger partial charge is 0.230 e. The Bertz CT molecular complexity index is 461. The van der Waals surface area contributed by atoms with E-state index in [4.69, 9.17) is 5.73 Å². The van der Waals surface area contributed by atoms with Gasteiger partial charge in [0.05, 0.1) is 5.92 Å². The van der Waals surface area contributed by atoms with Gasteiger partial charge in [-0.05, 0) is 37.2 Å². The summed E-state index contributed by atoms with van der Waals surface area (Å²) >= 11 is 0. The van der Waals surface area contributed by atoms with Gasteiger partial charge in [-0.15, -0.1) is 12.4 Å². The maximum Gasteiger partial charge on any atom is 0.230 e. The Kier molecular flexibility index (Phi) is 7.37. The Hall–Kier alpha value is -1.06. The highest BCUT2D eigenvalue weighted by atomic mass is 35.5. The van der Waals surface area contributed by atoms with Gasteiger partial charge in [0.15, 0.2) is 0 Å². The Morgan fingerprint density at radius 2 is 1.86 bits per heavy atom. The Labute approximate surface area is 140 Å². The van der Waals surface area contributed by atoms with Crippen LogP contribution in [0.25, 0.3) is 0 Å². The van der Waals surface area contributed by atoms with Crippen LogP contribution in [0, 0.1) is 11.8 Å². The monoisotopic (exact) mass is 324 g/mol. The van der Waals surface area contributed by atoms with Gasteiger partial charge in [-0.25, -0.2) is 0 Å². The van der Waals surface area contributed by atoms with Crippen molar-refractivity contribution in [2.75, 3.05) is 13.1 Å². The van der Waals surface area contributed by atoms with Crippen LogP contribution in [0.15, 0.2) is 30.3 Å². The second-order valence-corrected chi connectivity index (χ2v) is 6.68. The van der Waals surface area contributed by atoms with Gasteiger partial charge < -0.3 is 10.6 Å². The van der Waals surface area contributed by atoms with E-state index < -0.39 is 0 Å². The van der Waals surface area contributed by atoms with Gasteiger partial charge in [0.1, 0.15) is 0 Å². The first-order valence-electron chi connectivity index (χ1n) is 8.10. The summed E-state index contributed by atoms with van der Waals surface area (Å²) in [4.78, 5) is 15.0. The third kappa shape index (κ3) is 4.47. The number of nitrogens with two attached hydrogens (primary N) is 1. The molecule has 2 N–H and O–H groups in total. The fourth-order valence-corrected chi connectivity index (χ4v) is 3.31. The average molecular weight is 325 g/mol. The van der Waals surface area contributed by atoms with Crippen LogP contribution in [-0.2, 0) is 4.79 Å². The molecule has 1 aromatic carbocycles. The van der Waals surface area contributed by atoms with E-state index >= 15 is 0 Å². The van der Waals surface area contributed by atoms with E-state index in [1.807, 2.05) is 23.1 Å². The SMILES string of the molecule is CC(C)C(C(=O)N1CCCC(C(C)N)C1)c1ccccc1.Cl. The van der Waals surface area contributed by atoms with Gasteiger partial charge in [0.2, 0.25) is 5.91 Å². The number of nitrogens with zero attached hydrogens (tertiary/aromatic N) is 1. The number of rotatable bonds is 4. The lowest BCUT2D eigenvalue weighted by Crippen LogP contribution is -2.47. The number of halogens is 1. The van der Waals surface area contributed by atoms with Gasteiger partial charge in [0, 0.05) is 19.1 Å². The summed E-state index contributed by atoms with van der Waals surface area (Å²) in [6, 6.07) is 10.3. The lowest BCUT2D eigenvalue weighted by molar-refractivity contribution is -0.135. The minimum Gasteiger partial charge on any atom is -0.342 e. The number of piperidine rings is 1. The second-order valence-electron chi connectivity index (χ2n) is 6.68. The molecule has 1 aromatic rings. The summed E-state index contributed by atoms with van der Waals surface area (Å²) in [6.45, 7) is 7.99. The topological polar surface area (TPSA) is 46.3 Å². The first-order chi connectivity index (χ1) is 10.0. The fourth-order valence-electron chi connectivity index (χ4n) is 3.31. The molecule has 4 heteroatoms. The van der Waals surface area contributed by atoms with Crippen molar-refractivity contribution in [3.05, 3.63) is 35.9 Å². The van der Waals surface area contributed by atoms with Crippen molar-refractivity contribution in [2.45, 2.75) is 45.6 Å². The lowest BCUT2D eigenvalue weighted by atomic mass is 9.85. The second kappa shape index (κ2) is 8.54. The highest BCUT2D eigenvalue weighted by molar-refractivity contribution is 5.85. The molecule has 0 bridgehead atoms. The predicted molar refractivity (Wildman–Crippen MR) is 94.2 cm³/mol. The zero-order valence-corrected chi connectivity index (χ0v) is 14.7. The minimum absolute atomic E-state index is 0. The van der Waals surface area contributed by atoms with Crippen LogP contribution in [0.4, 0.5) is 0 Å². The molecule has 0 radical (unpaired) electrons. The molecular formula is C18H29ClN2O. The molecule has 3 atom stereocenters. The number of likely N-dealkylation sites (tertiary alicyclic amines) is 1. The zero-order chi connectivity index (χ0) is 15.4. The van der Waals surface area contributed by atoms with E-state index in [1.165, 1.54) is 0 Å². The van der Waals surface area contributed by atoms with Crippen molar-refractivity contribution >= 4 is 18.3 Å². The number of hydrogen-bond donors (Lipinski definition) is 1. The van der Waals surface area contributed by atoms with Crippen molar-refractivity contribution in [2.24, 2.45) is 17.6 Å². The average Bonchev–Trinajstić information content (AvgIpc) is 2.48. The summed E-state index contributed by atoms with van der Waals surface area (Å²) in [5, 5.41) is 0. The third-order valence-corrected chi connectivity index (χ3v) is 4.60. The van der Waals surface area contributed by atoms with E-state index in [2.05, 4.69) is 32.9 Å². The summed E-state index contributed by atoms with van der Waals surface area (Å²) in [7, 11) is 0. The van der Waals surface area contributed by atoms with Gasteiger partial charge in [0.25, 0.3) is 0 Å². The Morgan fingerprint density at radius 3 is 2.41 bits per heavy atom. The van der Waals surface area contributed by atoms with Gasteiger partial charge in [-0.1, -0.05) is 44.2 Å². The van der Waals surface area contributed by atoms with Crippen LogP contribution < -0.4 is 5.73 Å². The van der Waals surface area contributed by atoms with Crippen LogP contribution in [-0.4, -0.2) is 29.9 Å². The summed E-state index contributed by atoms with van der Waals surface area (Å²) in [5.41, 5.74) is 7.16. The van der Waals surface area contributed by atoms with Crippen molar-refractivity contribution in [3.63, 3.8) is 0 Å². The van der Waals surface area contributed by atoms with Crippen molar-refractivity contribution in [1.29, 1.82) is 0 Å². The molecular weight excluding hydrogens is 296 g/mol.